The number of aliphatic hydroxyl groups is 1. The van der Waals surface area contributed by atoms with Gasteiger partial charge in [0, 0.05) is 18.9 Å². The van der Waals surface area contributed by atoms with Crippen LogP contribution in [-0.4, -0.2) is 44.4 Å². The molecule has 6 heteroatoms. The topological polar surface area (TPSA) is 54.2 Å². The molecule has 1 unspecified atom stereocenters. The molecule has 3 heterocycles. The van der Waals surface area contributed by atoms with E-state index in [9.17, 15) is 5.11 Å². The minimum atomic E-state index is -0.451. The minimum Gasteiger partial charge on any atom is -0.387 e. The van der Waals surface area contributed by atoms with E-state index in [2.05, 4.69) is 15.0 Å². The normalized spacial score (nSPS) is 18.5. The molecule has 0 spiro atoms. The molecule has 1 atom stereocenters. The molecule has 0 aliphatic carbocycles. The van der Waals surface area contributed by atoms with Gasteiger partial charge in [-0.15, -0.1) is 0 Å². The van der Waals surface area contributed by atoms with Gasteiger partial charge in [-0.05, 0) is 44.0 Å². The summed E-state index contributed by atoms with van der Waals surface area (Å²) in [5, 5.41) is 15.3. The Bertz CT molecular complexity index is 581. The largest absolute Gasteiger partial charge is 0.387 e. The average molecular weight is 321 g/mol. The van der Waals surface area contributed by atoms with Gasteiger partial charge in [-0.1, -0.05) is 17.7 Å². The minimum absolute atomic E-state index is 0.297. The lowest BCUT2D eigenvalue weighted by atomic mass is 9.89. The summed E-state index contributed by atoms with van der Waals surface area (Å²) >= 11 is 5.86. The van der Waals surface area contributed by atoms with Crippen molar-refractivity contribution in [2.24, 2.45) is 5.92 Å². The Morgan fingerprint density at radius 1 is 1.27 bits per heavy atom. The summed E-state index contributed by atoms with van der Waals surface area (Å²) < 4.78 is 1.87. The zero-order chi connectivity index (χ0) is 15.4. The van der Waals surface area contributed by atoms with E-state index in [1.54, 1.807) is 12.4 Å². The van der Waals surface area contributed by atoms with Gasteiger partial charge in [0.05, 0.1) is 29.6 Å². The van der Waals surface area contributed by atoms with Gasteiger partial charge in [-0.2, -0.15) is 5.10 Å². The van der Waals surface area contributed by atoms with Crippen molar-refractivity contribution >= 4 is 11.6 Å². The molecule has 1 aliphatic heterocycles. The molecular formula is C16H21ClN4O. The van der Waals surface area contributed by atoms with Gasteiger partial charge < -0.3 is 10.0 Å². The second kappa shape index (κ2) is 7.22. The lowest BCUT2D eigenvalue weighted by Gasteiger charge is -2.34. The van der Waals surface area contributed by atoms with Crippen LogP contribution in [0.4, 0.5) is 0 Å². The number of piperidine rings is 1. The third-order valence-electron chi connectivity index (χ3n) is 4.32. The van der Waals surface area contributed by atoms with Gasteiger partial charge >= 0.3 is 0 Å². The molecule has 1 saturated heterocycles. The lowest BCUT2D eigenvalue weighted by molar-refractivity contribution is 0.0549. The van der Waals surface area contributed by atoms with E-state index in [0.717, 1.165) is 44.7 Å². The van der Waals surface area contributed by atoms with Crippen molar-refractivity contribution in [1.82, 2.24) is 19.7 Å². The van der Waals surface area contributed by atoms with Crippen molar-refractivity contribution in [3.8, 4) is 0 Å². The van der Waals surface area contributed by atoms with Crippen molar-refractivity contribution in [2.75, 3.05) is 19.6 Å². The fourth-order valence-corrected chi connectivity index (χ4v) is 3.15. The van der Waals surface area contributed by atoms with E-state index in [1.165, 1.54) is 0 Å². The first-order valence-corrected chi connectivity index (χ1v) is 8.09. The molecule has 3 rings (SSSR count). The van der Waals surface area contributed by atoms with Crippen molar-refractivity contribution in [1.29, 1.82) is 0 Å². The van der Waals surface area contributed by atoms with E-state index in [0.29, 0.717) is 10.9 Å². The highest BCUT2D eigenvalue weighted by Gasteiger charge is 2.26. The third kappa shape index (κ3) is 3.85. The molecule has 1 aliphatic rings. The Kier molecular flexibility index (Phi) is 5.08. The maximum atomic E-state index is 10.4. The van der Waals surface area contributed by atoms with Crippen LogP contribution in [0.15, 0.2) is 36.8 Å². The number of aliphatic hydroxyl groups excluding tert-OH is 1. The quantitative estimate of drug-likeness (QED) is 0.919. The van der Waals surface area contributed by atoms with Crippen LogP contribution >= 0.6 is 11.6 Å². The number of nitrogens with zero attached hydrogens (tertiary/aromatic N) is 4. The van der Waals surface area contributed by atoms with E-state index in [4.69, 9.17) is 11.6 Å². The summed E-state index contributed by atoms with van der Waals surface area (Å²) in [4.78, 5) is 6.68. The molecule has 0 aromatic carbocycles. The van der Waals surface area contributed by atoms with Crippen molar-refractivity contribution in [3.63, 3.8) is 0 Å². The molecule has 2 aromatic rings. The summed E-state index contributed by atoms with van der Waals surface area (Å²) in [5.74, 6) is 0.297. The fourth-order valence-electron chi connectivity index (χ4n) is 2.99. The van der Waals surface area contributed by atoms with Gasteiger partial charge in [0.25, 0.3) is 0 Å². The Labute approximate surface area is 135 Å². The predicted octanol–water partition coefficient (Wildman–Crippen LogP) is 2.38. The van der Waals surface area contributed by atoms with E-state index in [1.807, 2.05) is 29.1 Å². The van der Waals surface area contributed by atoms with Crippen LogP contribution < -0.4 is 0 Å². The molecule has 1 fully saturated rings. The van der Waals surface area contributed by atoms with Crippen LogP contribution in [0.25, 0.3) is 0 Å². The summed E-state index contributed by atoms with van der Waals surface area (Å²) in [7, 11) is 0. The lowest BCUT2D eigenvalue weighted by Crippen LogP contribution is -2.37. The summed E-state index contributed by atoms with van der Waals surface area (Å²) in [6.07, 6.45) is 6.79. The molecule has 22 heavy (non-hydrogen) atoms. The summed E-state index contributed by atoms with van der Waals surface area (Å²) in [5.41, 5.74) is 0.784. The van der Waals surface area contributed by atoms with Crippen molar-refractivity contribution < 1.29 is 5.11 Å². The Morgan fingerprint density at radius 2 is 2.09 bits per heavy atom. The van der Waals surface area contributed by atoms with Crippen molar-refractivity contribution in [3.05, 3.63) is 47.5 Å². The highest BCUT2D eigenvalue weighted by Crippen LogP contribution is 2.29. The average Bonchev–Trinajstić information content (AvgIpc) is 2.99. The van der Waals surface area contributed by atoms with Crippen molar-refractivity contribution in [2.45, 2.75) is 25.5 Å². The van der Waals surface area contributed by atoms with Crippen LogP contribution in [0.3, 0.4) is 0 Å². The number of aromatic nitrogens is 3. The van der Waals surface area contributed by atoms with Crippen LogP contribution in [0, 0.1) is 5.92 Å². The number of halogens is 1. The Morgan fingerprint density at radius 3 is 2.73 bits per heavy atom. The fraction of sp³-hybridized carbons (Fsp3) is 0.500. The van der Waals surface area contributed by atoms with Gasteiger partial charge in [0.2, 0.25) is 0 Å². The predicted molar refractivity (Wildman–Crippen MR) is 85.6 cm³/mol. The summed E-state index contributed by atoms with van der Waals surface area (Å²) in [6, 6.07) is 5.70. The van der Waals surface area contributed by atoms with Gasteiger partial charge in [-0.3, -0.25) is 9.67 Å². The van der Waals surface area contributed by atoms with E-state index < -0.39 is 6.10 Å². The molecule has 0 saturated carbocycles. The smallest absolute Gasteiger partial charge is 0.0988 e. The maximum Gasteiger partial charge on any atom is 0.0988 e. The van der Waals surface area contributed by atoms with Gasteiger partial charge in [-0.25, -0.2) is 0 Å². The van der Waals surface area contributed by atoms with Gasteiger partial charge in [0.1, 0.15) is 0 Å². The second-order valence-electron chi connectivity index (χ2n) is 5.80. The Balaban J connectivity index is 1.46. The first-order valence-electron chi connectivity index (χ1n) is 7.71. The first kappa shape index (κ1) is 15.5. The van der Waals surface area contributed by atoms with Crippen LogP contribution in [0.2, 0.25) is 5.02 Å². The molecular weight excluding hydrogens is 300 g/mol. The molecule has 0 bridgehead atoms. The maximum absolute atomic E-state index is 10.4. The second-order valence-corrected chi connectivity index (χ2v) is 6.24. The summed E-state index contributed by atoms with van der Waals surface area (Å²) in [6.45, 7) is 3.82. The highest BCUT2D eigenvalue weighted by molar-refractivity contribution is 6.30. The molecule has 2 aromatic heterocycles. The molecule has 118 valence electrons. The van der Waals surface area contributed by atoms with Crippen LogP contribution in [-0.2, 0) is 6.54 Å². The van der Waals surface area contributed by atoms with Crippen LogP contribution in [0.1, 0.15) is 24.6 Å². The molecule has 5 nitrogen and oxygen atoms in total. The monoisotopic (exact) mass is 320 g/mol. The first-order chi connectivity index (χ1) is 10.7. The number of hydrogen-bond donors (Lipinski definition) is 1. The molecule has 0 amide bonds. The van der Waals surface area contributed by atoms with E-state index >= 15 is 0 Å². The third-order valence-corrected chi connectivity index (χ3v) is 4.51. The standard InChI is InChI=1S/C16H21ClN4O/c17-14-11-19-21(12-14)10-9-20-7-4-13(5-8-20)16(22)15-3-1-2-6-18-15/h1-3,6,11-13,16,22H,4-5,7-10H2. The van der Waals surface area contributed by atoms with E-state index in [-0.39, 0.29) is 0 Å². The number of pyridine rings is 1. The number of hydrogen-bond acceptors (Lipinski definition) is 4. The highest BCUT2D eigenvalue weighted by atomic mass is 35.5. The van der Waals surface area contributed by atoms with Crippen LogP contribution in [0.5, 0.6) is 0 Å². The zero-order valence-corrected chi connectivity index (χ0v) is 13.2. The van der Waals surface area contributed by atoms with Gasteiger partial charge in [0.15, 0.2) is 0 Å². The zero-order valence-electron chi connectivity index (χ0n) is 12.5. The Hall–Kier alpha value is -1.43. The SMILES string of the molecule is OC(c1ccccn1)C1CCN(CCn2cc(Cl)cn2)CC1. The molecule has 0 radical (unpaired) electrons. The molecule has 1 N–H and O–H groups in total. The number of likely N-dealkylation sites (tertiary alicyclic amines) is 1. The number of rotatable bonds is 5.